The largest absolute Gasteiger partial charge is 0.355 e. The fourth-order valence-electron chi connectivity index (χ4n) is 5.84. The van der Waals surface area contributed by atoms with E-state index in [4.69, 9.17) is 0 Å². The molecule has 2 saturated heterocycles. The molecule has 3 aliphatic rings. The Morgan fingerprint density at radius 2 is 1.84 bits per heavy atom. The molecule has 2 amide bonds. The van der Waals surface area contributed by atoms with Crippen LogP contribution < -0.4 is 11.0 Å². The van der Waals surface area contributed by atoms with Crippen molar-refractivity contribution < 1.29 is 9.59 Å². The van der Waals surface area contributed by atoms with E-state index >= 15 is 0 Å². The number of rotatable bonds is 4. The van der Waals surface area contributed by atoms with Gasteiger partial charge in [-0.1, -0.05) is 12.2 Å². The Labute approximate surface area is 187 Å². The molecule has 2 unspecified atom stereocenters. The van der Waals surface area contributed by atoms with Crippen LogP contribution in [0.4, 0.5) is 0 Å². The van der Waals surface area contributed by atoms with Gasteiger partial charge >= 0.3 is 5.69 Å². The number of nitrogens with one attached hydrogen (secondary N) is 2. The number of carbonyl (C=O) groups is 2. The SMILES string of the molecule is C=C1CC2CN(C(=O)CN3CCC(n4c(=O)[nH]c5cc(C(=O)NC)ccc54)CC3)CC2C1. The lowest BCUT2D eigenvalue weighted by Gasteiger charge is -2.33. The Balaban J connectivity index is 1.20. The smallest absolute Gasteiger partial charge is 0.326 e. The topological polar surface area (TPSA) is 90.4 Å². The van der Waals surface area contributed by atoms with Crippen molar-refractivity contribution >= 4 is 22.8 Å². The van der Waals surface area contributed by atoms with E-state index in [0.29, 0.717) is 29.5 Å². The number of nitrogens with zero attached hydrogens (tertiary/aromatic N) is 3. The van der Waals surface area contributed by atoms with E-state index in [1.54, 1.807) is 19.2 Å². The zero-order chi connectivity index (χ0) is 22.4. The minimum atomic E-state index is -0.176. The molecule has 0 bridgehead atoms. The maximum Gasteiger partial charge on any atom is 0.326 e. The normalized spacial score (nSPS) is 24.3. The van der Waals surface area contributed by atoms with Gasteiger partial charge in [0.1, 0.15) is 0 Å². The van der Waals surface area contributed by atoms with Crippen LogP contribution in [-0.4, -0.2) is 70.9 Å². The van der Waals surface area contributed by atoms with Crippen molar-refractivity contribution in [2.24, 2.45) is 11.8 Å². The number of imidazole rings is 1. The van der Waals surface area contributed by atoms with Gasteiger partial charge in [-0.05, 0) is 55.7 Å². The molecule has 2 atom stereocenters. The first-order chi connectivity index (χ1) is 15.4. The molecule has 8 heteroatoms. The van der Waals surface area contributed by atoms with Gasteiger partial charge < -0.3 is 15.2 Å². The van der Waals surface area contributed by atoms with Crippen molar-refractivity contribution in [3.8, 4) is 0 Å². The molecule has 0 radical (unpaired) electrons. The number of likely N-dealkylation sites (tertiary alicyclic amines) is 2. The van der Waals surface area contributed by atoms with Gasteiger partial charge in [0.25, 0.3) is 5.91 Å². The highest BCUT2D eigenvalue weighted by Crippen LogP contribution is 2.40. The van der Waals surface area contributed by atoms with Crippen LogP contribution in [0.15, 0.2) is 35.1 Å². The maximum absolute atomic E-state index is 12.8. The van der Waals surface area contributed by atoms with E-state index in [1.165, 1.54) is 5.57 Å². The first kappa shape index (κ1) is 21.0. The minimum Gasteiger partial charge on any atom is -0.355 e. The molecular formula is C24H31N5O3. The number of H-pyrrole nitrogens is 1. The van der Waals surface area contributed by atoms with Gasteiger partial charge in [0, 0.05) is 44.8 Å². The van der Waals surface area contributed by atoms with Gasteiger partial charge in [0.2, 0.25) is 5.91 Å². The summed E-state index contributed by atoms with van der Waals surface area (Å²) < 4.78 is 1.82. The Bertz CT molecular complexity index is 1110. The first-order valence-electron chi connectivity index (χ1n) is 11.6. The molecular weight excluding hydrogens is 406 g/mol. The lowest BCUT2D eigenvalue weighted by Crippen LogP contribution is -2.44. The number of benzene rings is 1. The first-order valence-corrected chi connectivity index (χ1v) is 11.6. The molecule has 8 nitrogen and oxygen atoms in total. The van der Waals surface area contributed by atoms with Crippen molar-refractivity contribution in [3.63, 3.8) is 0 Å². The predicted octanol–water partition coefficient (Wildman–Crippen LogP) is 1.75. The molecule has 2 aromatic rings. The second-order valence-corrected chi connectivity index (χ2v) is 9.60. The average Bonchev–Trinajstić information content (AvgIpc) is 3.43. The number of fused-ring (bicyclic) bond motifs is 2. The van der Waals surface area contributed by atoms with Gasteiger partial charge in [0.15, 0.2) is 0 Å². The Morgan fingerprint density at radius 1 is 1.16 bits per heavy atom. The Hall–Kier alpha value is -2.87. The average molecular weight is 438 g/mol. The van der Waals surface area contributed by atoms with Gasteiger partial charge in [-0.15, -0.1) is 0 Å². The molecule has 5 rings (SSSR count). The number of hydrogen-bond donors (Lipinski definition) is 2. The molecule has 1 saturated carbocycles. The van der Waals surface area contributed by atoms with Gasteiger partial charge in [-0.3, -0.25) is 19.1 Å². The summed E-state index contributed by atoms with van der Waals surface area (Å²) in [5, 5.41) is 2.61. The molecule has 1 aromatic heterocycles. The quantitative estimate of drug-likeness (QED) is 0.713. The number of carbonyl (C=O) groups excluding carboxylic acids is 2. The van der Waals surface area contributed by atoms with E-state index in [0.717, 1.165) is 57.4 Å². The van der Waals surface area contributed by atoms with E-state index in [9.17, 15) is 14.4 Å². The Kier molecular flexibility index (Phi) is 5.41. The van der Waals surface area contributed by atoms with E-state index < -0.39 is 0 Å². The van der Waals surface area contributed by atoms with E-state index in [2.05, 4.69) is 21.8 Å². The zero-order valence-corrected chi connectivity index (χ0v) is 18.6. The molecule has 170 valence electrons. The number of piperidine rings is 1. The van der Waals surface area contributed by atoms with Crippen LogP contribution in [0.2, 0.25) is 0 Å². The summed E-state index contributed by atoms with van der Waals surface area (Å²) in [4.78, 5) is 44.6. The van der Waals surface area contributed by atoms with Crippen molar-refractivity contribution in [2.75, 3.05) is 39.8 Å². The minimum absolute atomic E-state index is 0.0885. The van der Waals surface area contributed by atoms with Gasteiger partial charge in [-0.25, -0.2) is 4.79 Å². The summed E-state index contributed by atoms with van der Waals surface area (Å²) in [6.07, 6.45) is 3.79. The third-order valence-electron chi connectivity index (χ3n) is 7.52. The van der Waals surface area contributed by atoms with Crippen LogP contribution in [0.5, 0.6) is 0 Å². The zero-order valence-electron chi connectivity index (χ0n) is 18.6. The maximum atomic E-state index is 12.8. The predicted molar refractivity (Wildman–Crippen MR) is 123 cm³/mol. The summed E-state index contributed by atoms with van der Waals surface area (Å²) in [6, 6.07) is 5.40. The number of hydrogen-bond acceptors (Lipinski definition) is 4. The summed E-state index contributed by atoms with van der Waals surface area (Å²) in [5.74, 6) is 1.27. The Morgan fingerprint density at radius 3 is 2.50 bits per heavy atom. The summed E-state index contributed by atoms with van der Waals surface area (Å²) >= 11 is 0. The molecule has 3 fully saturated rings. The van der Waals surface area contributed by atoms with Crippen molar-refractivity contribution in [2.45, 2.75) is 31.7 Å². The fourth-order valence-corrected chi connectivity index (χ4v) is 5.84. The molecule has 1 aromatic carbocycles. The molecule has 1 aliphatic carbocycles. The van der Waals surface area contributed by atoms with Gasteiger partial charge in [-0.2, -0.15) is 0 Å². The van der Waals surface area contributed by atoms with Crippen LogP contribution in [0.1, 0.15) is 42.1 Å². The number of allylic oxidation sites excluding steroid dienone is 1. The third-order valence-corrected chi connectivity index (χ3v) is 7.52. The molecule has 0 spiro atoms. The highest BCUT2D eigenvalue weighted by molar-refractivity contribution is 5.97. The van der Waals surface area contributed by atoms with Gasteiger partial charge in [0.05, 0.1) is 17.6 Å². The van der Waals surface area contributed by atoms with Crippen molar-refractivity contribution in [1.82, 2.24) is 24.7 Å². The van der Waals surface area contributed by atoms with Crippen LogP contribution in [0.3, 0.4) is 0 Å². The summed E-state index contributed by atoms with van der Waals surface area (Å²) in [6.45, 7) is 7.92. The highest BCUT2D eigenvalue weighted by Gasteiger charge is 2.39. The van der Waals surface area contributed by atoms with E-state index in [1.807, 2.05) is 15.5 Å². The molecule has 2 aliphatic heterocycles. The van der Waals surface area contributed by atoms with E-state index in [-0.39, 0.29) is 23.5 Å². The number of aromatic amines is 1. The number of aromatic nitrogens is 2. The standard InChI is InChI=1S/C24H31N5O3/c1-15-9-17-12-28(13-18(17)10-15)22(30)14-27-7-5-19(6-8-27)29-21-4-3-16(23(31)25-2)11-20(21)26-24(29)32/h3-4,11,17-19H,1,5-10,12-14H2,2H3,(H,25,31)(H,26,32). The second-order valence-electron chi connectivity index (χ2n) is 9.60. The van der Waals surface area contributed by atoms with Crippen LogP contribution in [0, 0.1) is 11.8 Å². The molecule has 2 N–H and O–H groups in total. The second kappa shape index (κ2) is 8.24. The summed E-state index contributed by atoms with van der Waals surface area (Å²) in [7, 11) is 1.59. The van der Waals surface area contributed by atoms with Crippen LogP contribution >= 0.6 is 0 Å². The lowest BCUT2D eigenvalue weighted by atomic mass is 10.0. The van der Waals surface area contributed by atoms with Crippen LogP contribution in [-0.2, 0) is 4.79 Å². The molecule has 32 heavy (non-hydrogen) atoms. The molecule has 3 heterocycles. The fraction of sp³-hybridized carbons (Fsp3) is 0.542. The van der Waals surface area contributed by atoms with Crippen LogP contribution in [0.25, 0.3) is 11.0 Å². The monoisotopic (exact) mass is 437 g/mol. The van der Waals surface area contributed by atoms with Crippen molar-refractivity contribution in [3.05, 3.63) is 46.4 Å². The number of amides is 2. The van der Waals surface area contributed by atoms with Crippen molar-refractivity contribution in [1.29, 1.82) is 0 Å². The highest BCUT2D eigenvalue weighted by atomic mass is 16.2. The third kappa shape index (κ3) is 3.77. The lowest BCUT2D eigenvalue weighted by molar-refractivity contribution is -0.132. The summed E-state index contributed by atoms with van der Waals surface area (Å²) in [5.41, 5.74) is 3.22.